The number of rotatable bonds is 5. The SMILES string of the molecule is Cc1ccc(NC(=O)CN(CC(F)(F)F)C2CC2)c(N)c1. The number of benzene rings is 1. The summed E-state index contributed by atoms with van der Waals surface area (Å²) in [5.41, 5.74) is 7.54. The van der Waals surface area contributed by atoms with Crippen LogP contribution in [0.15, 0.2) is 18.2 Å². The molecule has 21 heavy (non-hydrogen) atoms. The summed E-state index contributed by atoms with van der Waals surface area (Å²) in [7, 11) is 0. The Morgan fingerprint density at radius 2 is 2.10 bits per heavy atom. The molecule has 3 N–H and O–H groups in total. The third-order valence-corrected chi connectivity index (χ3v) is 3.27. The Morgan fingerprint density at radius 1 is 1.43 bits per heavy atom. The molecule has 0 radical (unpaired) electrons. The minimum Gasteiger partial charge on any atom is -0.397 e. The molecule has 1 saturated carbocycles. The number of amides is 1. The van der Waals surface area contributed by atoms with Crippen LogP contribution in [-0.2, 0) is 4.79 Å². The predicted octanol–water partition coefficient (Wildman–Crippen LogP) is 2.54. The van der Waals surface area contributed by atoms with Crippen LogP contribution in [-0.4, -0.2) is 36.1 Å². The van der Waals surface area contributed by atoms with Crippen molar-refractivity contribution in [2.45, 2.75) is 32.0 Å². The molecule has 0 aromatic heterocycles. The highest BCUT2D eigenvalue weighted by Gasteiger charge is 2.38. The number of hydrogen-bond acceptors (Lipinski definition) is 3. The van der Waals surface area contributed by atoms with E-state index in [4.69, 9.17) is 5.73 Å². The van der Waals surface area contributed by atoms with Crippen LogP contribution in [0, 0.1) is 6.92 Å². The van der Waals surface area contributed by atoms with Gasteiger partial charge in [0.1, 0.15) is 0 Å². The van der Waals surface area contributed by atoms with Gasteiger partial charge in [0.2, 0.25) is 5.91 Å². The highest BCUT2D eigenvalue weighted by Crippen LogP contribution is 2.30. The molecule has 7 heteroatoms. The second-order valence-electron chi connectivity index (χ2n) is 5.39. The smallest absolute Gasteiger partial charge is 0.397 e. The van der Waals surface area contributed by atoms with Gasteiger partial charge in [-0.2, -0.15) is 13.2 Å². The Morgan fingerprint density at radius 3 is 2.62 bits per heavy atom. The van der Waals surface area contributed by atoms with Gasteiger partial charge >= 0.3 is 6.18 Å². The van der Waals surface area contributed by atoms with E-state index in [9.17, 15) is 18.0 Å². The second kappa shape index (κ2) is 5.93. The van der Waals surface area contributed by atoms with Crippen molar-refractivity contribution in [1.82, 2.24) is 4.90 Å². The Labute approximate surface area is 121 Å². The maximum absolute atomic E-state index is 12.5. The number of carbonyl (C=O) groups excluding carboxylic acids is 1. The lowest BCUT2D eigenvalue weighted by molar-refractivity contribution is -0.149. The van der Waals surface area contributed by atoms with Gasteiger partial charge in [0, 0.05) is 6.04 Å². The Hall–Kier alpha value is -1.76. The van der Waals surface area contributed by atoms with Crippen LogP contribution in [0.5, 0.6) is 0 Å². The van der Waals surface area contributed by atoms with Gasteiger partial charge in [-0.15, -0.1) is 0 Å². The maximum atomic E-state index is 12.5. The molecule has 1 fully saturated rings. The lowest BCUT2D eigenvalue weighted by Crippen LogP contribution is -2.41. The summed E-state index contributed by atoms with van der Waals surface area (Å²) in [6.45, 7) is 0.520. The molecule has 2 rings (SSSR count). The fourth-order valence-electron chi connectivity index (χ4n) is 2.15. The molecule has 4 nitrogen and oxygen atoms in total. The van der Waals surface area contributed by atoms with Crippen molar-refractivity contribution in [3.8, 4) is 0 Å². The van der Waals surface area contributed by atoms with Crippen LogP contribution < -0.4 is 11.1 Å². The first-order valence-corrected chi connectivity index (χ1v) is 6.71. The number of nitrogen functional groups attached to an aromatic ring is 1. The van der Waals surface area contributed by atoms with Crippen LogP contribution >= 0.6 is 0 Å². The number of anilines is 2. The van der Waals surface area contributed by atoms with Crippen LogP contribution in [0.3, 0.4) is 0 Å². The molecule has 0 unspecified atom stereocenters. The van der Waals surface area contributed by atoms with Gasteiger partial charge in [-0.1, -0.05) is 6.07 Å². The Bertz CT molecular complexity index is 527. The minimum absolute atomic E-state index is 0.146. The highest BCUT2D eigenvalue weighted by molar-refractivity contribution is 5.95. The number of nitrogens with one attached hydrogen (secondary N) is 1. The average Bonchev–Trinajstić information content (AvgIpc) is 3.14. The largest absolute Gasteiger partial charge is 0.401 e. The maximum Gasteiger partial charge on any atom is 0.401 e. The quantitative estimate of drug-likeness (QED) is 0.822. The third-order valence-electron chi connectivity index (χ3n) is 3.27. The van der Waals surface area contributed by atoms with E-state index in [0.717, 1.165) is 5.56 Å². The van der Waals surface area contributed by atoms with Crippen molar-refractivity contribution in [3.05, 3.63) is 23.8 Å². The molecule has 1 aliphatic rings. The highest BCUT2D eigenvalue weighted by atomic mass is 19.4. The molecule has 0 atom stereocenters. The second-order valence-corrected chi connectivity index (χ2v) is 5.39. The molecule has 1 aromatic rings. The molecule has 1 amide bonds. The monoisotopic (exact) mass is 301 g/mol. The van der Waals surface area contributed by atoms with E-state index in [1.165, 1.54) is 4.90 Å². The van der Waals surface area contributed by atoms with Crippen molar-refractivity contribution in [2.24, 2.45) is 0 Å². The minimum atomic E-state index is -4.30. The molecular formula is C14H18F3N3O. The van der Waals surface area contributed by atoms with Crippen LogP contribution in [0.1, 0.15) is 18.4 Å². The summed E-state index contributed by atoms with van der Waals surface area (Å²) in [6, 6.07) is 4.98. The zero-order valence-corrected chi connectivity index (χ0v) is 11.7. The van der Waals surface area contributed by atoms with Gasteiger partial charge in [-0.3, -0.25) is 9.69 Å². The zero-order valence-electron chi connectivity index (χ0n) is 11.7. The van der Waals surface area contributed by atoms with Gasteiger partial charge in [0.25, 0.3) is 0 Å². The van der Waals surface area contributed by atoms with E-state index in [1.807, 2.05) is 6.92 Å². The van der Waals surface area contributed by atoms with E-state index >= 15 is 0 Å². The first-order valence-electron chi connectivity index (χ1n) is 6.71. The van der Waals surface area contributed by atoms with Crippen molar-refractivity contribution < 1.29 is 18.0 Å². The van der Waals surface area contributed by atoms with E-state index < -0.39 is 18.6 Å². The summed E-state index contributed by atoms with van der Waals surface area (Å²) < 4.78 is 37.5. The topological polar surface area (TPSA) is 58.4 Å². The molecule has 0 bridgehead atoms. The van der Waals surface area contributed by atoms with E-state index in [2.05, 4.69) is 5.32 Å². The Kier molecular flexibility index (Phi) is 4.41. The number of nitrogens with zero attached hydrogens (tertiary/aromatic N) is 1. The van der Waals surface area contributed by atoms with Crippen LogP contribution in [0.4, 0.5) is 24.5 Å². The number of alkyl halides is 3. The summed E-state index contributed by atoms with van der Waals surface area (Å²) in [4.78, 5) is 13.1. The van der Waals surface area contributed by atoms with Crippen LogP contribution in [0.2, 0.25) is 0 Å². The predicted molar refractivity (Wildman–Crippen MR) is 74.9 cm³/mol. The van der Waals surface area contributed by atoms with E-state index in [1.54, 1.807) is 18.2 Å². The van der Waals surface area contributed by atoms with E-state index in [-0.39, 0.29) is 12.6 Å². The molecule has 0 saturated heterocycles. The van der Waals surface area contributed by atoms with Crippen molar-refractivity contribution in [3.63, 3.8) is 0 Å². The van der Waals surface area contributed by atoms with Gasteiger partial charge < -0.3 is 11.1 Å². The molecule has 116 valence electrons. The number of hydrogen-bond donors (Lipinski definition) is 2. The third kappa shape index (κ3) is 4.93. The first-order chi connectivity index (χ1) is 9.74. The summed E-state index contributed by atoms with van der Waals surface area (Å²) >= 11 is 0. The van der Waals surface area contributed by atoms with Crippen molar-refractivity contribution in [1.29, 1.82) is 0 Å². The molecule has 0 spiro atoms. The van der Waals surface area contributed by atoms with Crippen molar-refractivity contribution >= 4 is 17.3 Å². The number of aryl methyl sites for hydroxylation is 1. The number of carbonyl (C=O) groups is 1. The number of nitrogens with two attached hydrogens (primary N) is 1. The van der Waals surface area contributed by atoms with E-state index in [0.29, 0.717) is 24.2 Å². The van der Waals surface area contributed by atoms with Gasteiger partial charge in [0.15, 0.2) is 0 Å². The normalized spacial score (nSPS) is 15.3. The standard InChI is InChI=1S/C14H18F3N3O/c1-9-2-5-12(11(18)6-9)19-13(21)7-20(10-3-4-10)8-14(15,16)17/h2,5-6,10H,3-4,7-8,18H2,1H3,(H,19,21). The van der Waals surface area contributed by atoms with Gasteiger partial charge in [-0.05, 0) is 37.5 Å². The zero-order chi connectivity index (χ0) is 15.6. The van der Waals surface area contributed by atoms with Gasteiger partial charge in [-0.25, -0.2) is 0 Å². The Balaban J connectivity index is 1.96. The molecule has 0 heterocycles. The molecule has 1 aliphatic carbocycles. The number of halogens is 3. The lowest BCUT2D eigenvalue weighted by Gasteiger charge is -2.22. The fourth-order valence-corrected chi connectivity index (χ4v) is 2.15. The average molecular weight is 301 g/mol. The summed E-state index contributed by atoms with van der Waals surface area (Å²) in [5, 5.41) is 2.56. The van der Waals surface area contributed by atoms with Crippen LogP contribution in [0.25, 0.3) is 0 Å². The fraction of sp³-hybridized carbons (Fsp3) is 0.500. The van der Waals surface area contributed by atoms with Gasteiger partial charge in [0.05, 0.1) is 24.5 Å². The molecular weight excluding hydrogens is 283 g/mol. The summed E-state index contributed by atoms with van der Waals surface area (Å²) in [5.74, 6) is -0.485. The first kappa shape index (κ1) is 15.6. The molecule has 1 aromatic carbocycles. The lowest BCUT2D eigenvalue weighted by atomic mass is 10.2. The van der Waals surface area contributed by atoms with Crippen molar-refractivity contribution in [2.75, 3.05) is 24.1 Å². The molecule has 0 aliphatic heterocycles. The summed E-state index contributed by atoms with van der Waals surface area (Å²) in [6.07, 6.45) is -2.89.